The SMILES string of the molecule is N#Cc1cccc(Sc2cc(F)ccc2F)c1N. The van der Waals surface area contributed by atoms with Crippen LogP contribution in [0.2, 0.25) is 0 Å². The maximum absolute atomic E-state index is 13.5. The lowest BCUT2D eigenvalue weighted by Gasteiger charge is -2.07. The summed E-state index contributed by atoms with van der Waals surface area (Å²) < 4.78 is 26.5. The van der Waals surface area contributed by atoms with E-state index in [1.54, 1.807) is 18.2 Å². The molecule has 0 unspecified atom stereocenters. The zero-order valence-corrected chi connectivity index (χ0v) is 9.97. The van der Waals surface area contributed by atoms with Crippen molar-refractivity contribution in [1.82, 2.24) is 0 Å². The molecule has 2 N–H and O–H groups in total. The molecule has 0 spiro atoms. The second kappa shape index (κ2) is 5.07. The van der Waals surface area contributed by atoms with E-state index in [4.69, 9.17) is 11.0 Å². The van der Waals surface area contributed by atoms with Crippen LogP contribution in [0.15, 0.2) is 46.2 Å². The van der Waals surface area contributed by atoms with Gasteiger partial charge in [0.25, 0.3) is 0 Å². The van der Waals surface area contributed by atoms with E-state index in [0.717, 1.165) is 30.0 Å². The number of rotatable bonds is 2. The van der Waals surface area contributed by atoms with E-state index in [1.165, 1.54) is 0 Å². The minimum absolute atomic E-state index is 0.136. The molecular weight excluding hydrogens is 254 g/mol. The van der Waals surface area contributed by atoms with Gasteiger partial charge in [0.1, 0.15) is 17.7 Å². The van der Waals surface area contributed by atoms with E-state index in [1.807, 2.05) is 6.07 Å². The summed E-state index contributed by atoms with van der Waals surface area (Å²) in [7, 11) is 0. The monoisotopic (exact) mass is 262 g/mol. The van der Waals surface area contributed by atoms with Crippen LogP contribution >= 0.6 is 11.8 Å². The van der Waals surface area contributed by atoms with Crippen molar-refractivity contribution in [3.63, 3.8) is 0 Å². The van der Waals surface area contributed by atoms with E-state index in [0.29, 0.717) is 10.5 Å². The number of halogens is 2. The van der Waals surface area contributed by atoms with Gasteiger partial charge in [0.05, 0.1) is 16.1 Å². The molecule has 18 heavy (non-hydrogen) atoms. The van der Waals surface area contributed by atoms with Crippen molar-refractivity contribution >= 4 is 17.4 Å². The second-order valence-corrected chi connectivity index (χ2v) is 4.59. The van der Waals surface area contributed by atoms with Gasteiger partial charge in [-0.05, 0) is 30.3 Å². The molecule has 0 saturated heterocycles. The first-order valence-electron chi connectivity index (χ1n) is 5.03. The molecule has 0 aliphatic carbocycles. The third kappa shape index (κ3) is 2.44. The third-order valence-electron chi connectivity index (χ3n) is 2.30. The molecule has 0 radical (unpaired) electrons. The van der Waals surface area contributed by atoms with E-state index < -0.39 is 11.6 Å². The lowest BCUT2D eigenvalue weighted by atomic mass is 10.2. The molecule has 0 saturated carbocycles. The first-order valence-corrected chi connectivity index (χ1v) is 5.85. The van der Waals surface area contributed by atoms with E-state index in [9.17, 15) is 8.78 Å². The van der Waals surface area contributed by atoms with Crippen molar-refractivity contribution in [2.24, 2.45) is 0 Å². The fourth-order valence-electron chi connectivity index (χ4n) is 1.40. The minimum atomic E-state index is -0.525. The first kappa shape index (κ1) is 12.4. The van der Waals surface area contributed by atoms with Crippen molar-refractivity contribution in [3.05, 3.63) is 53.6 Å². The standard InChI is InChI=1S/C13H8F2N2S/c14-9-4-5-10(15)12(6-9)18-11-3-1-2-8(7-16)13(11)17/h1-6H,17H2. The lowest BCUT2D eigenvalue weighted by Crippen LogP contribution is -1.93. The Morgan fingerprint density at radius 3 is 2.61 bits per heavy atom. The number of nitrogen functional groups attached to an aromatic ring is 1. The topological polar surface area (TPSA) is 49.8 Å². The number of nitrogens with two attached hydrogens (primary N) is 1. The smallest absolute Gasteiger partial charge is 0.137 e. The van der Waals surface area contributed by atoms with Gasteiger partial charge >= 0.3 is 0 Å². The Morgan fingerprint density at radius 2 is 1.89 bits per heavy atom. The van der Waals surface area contributed by atoms with Gasteiger partial charge in [-0.15, -0.1) is 0 Å². The fourth-order valence-corrected chi connectivity index (χ4v) is 2.34. The van der Waals surface area contributed by atoms with Crippen molar-refractivity contribution in [2.75, 3.05) is 5.73 Å². The predicted molar refractivity (Wildman–Crippen MR) is 66.1 cm³/mol. The molecule has 90 valence electrons. The molecule has 5 heteroatoms. The number of para-hydroxylation sites is 1. The highest BCUT2D eigenvalue weighted by atomic mass is 32.2. The van der Waals surface area contributed by atoms with Crippen molar-refractivity contribution in [2.45, 2.75) is 9.79 Å². The Balaban J connectivity index is 2.41. The Morgan fingerprint density at radius 1 is 1.11 bits per heavy atom. The van der Waals surface area contributed by atoms with Gasteiger partial charge < -0.3 is 5.73 Å². The molecule has 0 fully saturated rings. The van der Waals surface area contributed by atoms with Gasteiger partial charge in [-0.3, -0.25) is 0 Å². The Kier molecular flexibility index (Phi) is 3.49. The zero-order chi connectivity index (χ0) is 13.1. The highest BCUT2D eigenvalue weighted by Gasteiger charge is 2.10. The highest BCUT2D eigenvalue weighted by molar-refractivity contribution is 7.99. The van der Waals surface area contributed by atoms with Gasteiger partial charge in [-0.1, -0.05) is 17.8 Å². The molecule has 0 atom stereocenters. The number of benzene rings is 2. The molecular formula is C13H8F2N2S. The minimum Gasteiger partial charge on any atom is -0.397 e. The normalized spacial score (nSPS) is 10.1. The Hall–Kier alpha value is -2.06. The average Bonchev–Trinajstić information content (AvgIpc) is 2.36. The molecule has 0 aliphatic rings. The molecule has 0 heterocycles. The molecule has 0 bridgehead atoms. The fraction of sp³-hybridized carbons (Fsp3) is 0. The summed E-state index contributed by atoms with van der Waals surface area (Å²) in [5.74, 6) is -1.04. The van der Waals surface area contributed by atoms with Crippen molar-refractivity contribution in [1.29, 1.82) is 5.26 Å². The number of hydrogen-bond acceptors (Lipinski definition) is 3. The number of nitriles is 1. The van der Waals surface area contributed by atoms with Gasteiger partial charge in [-0.25, -0.2) is 8.78 Å². The summed E-state index contributed by atoms with van der Waals surface area (Å²) in [5, 5.41) is 8.83. The molecule has 0 amide bonds. The van der Waals surface area contributed by atoms with Crippen LogP contribution in [-0.4, -0.2) is 0 Å². The van der Waals surface area contributed by atoms with Crippen LogP contribution in [0.25, 0.3) is 0 Å². The van der Waals surface area contributed by atoms with Crippen LogP contribution in [0.4, 0.5) is 14.5 Å². The highest BCUT2D eigenvalue weighted by Crippen LogP contribution is 2.35. The van der Waals surface area contributed by atoms with Crippen LogP contribution in [0.1, 0.15) is 5.56 Å². The number of hydrogen-bond donors (Lipinski definition) is 1. The summed E-state index contributed by atoms with van der Waals surface area (Å²) in [6.07, 6.45) is 0. The average molecular weight is 262 g/mol. The molecule has 0 aromatic heterocycles. The largest absolute Gasteiger partial charge is 0.397 e. The Bertz CT molecular complexity index is 635. The molecule has 0 aliphatic heterocycles. The van der Waals surface area contributed by atoms with Crippen LogP contribution in [-0.2, 0) is 0 Å². The van der Waals surface area contributed by atoms with E-state index >= 15 is 0 Å². The second-order valence-electron chi connectivity index (χ2n) is 3.51. The van der Waals surface area contributed by atoms with Gasteiger partial charge in [-0.2, -0.15) is 5.26 Å². The van der Waals surface area contributed by atoms with E-state index in [2.05, 4.69) is 0 Å². The van der Waals surface area contributed by atoms with E-state index in [-0.39, 0.29) is 10.6 Å². The van der Waals surface area contributed by atoms with Crippen LogP contribution < -0.4 is 5.73 Å². The maximum atomic E-state index is 13.5. The number of nitrogens with zero attached hydrogens (tertiary/aromatic N) is 1. The van der Waals surface area contributed by atoms with Gasteiger partial charge in [0.15, 0.2) is 0 Å². The molecule has 2 nitrogen and oxygen atoms in total. The summed E-state index contributed by atoms with van der Waals surface area (Å²) in [6.45, 7) is 0. The van der Waals surface area contributed by atoms with Crippen LogP contribution in [0, 0.1) is 23.0 Å². The van der Waals surface area contributed by atoms with Gasteiger partial charge in [0.2, 0.25) is 0 Å². The zero-order valence-electron chi connectivity index (χ0n) is 9.15. The summed E-state index contributed by atoms with van der Waals surface area (Å²) >= 11 is 0.993. The quantitative estimate of drug-likeness (QED) is 0.842. The molecule has 2 aromatic rings. The maximum Gasteiger partial charge on any atom is 0.137 e. The lowest BCUT2D eigenvalue weighted by molar-refractivity contribution is 0.577. The van der Waals surface area contributed by atoms with Gasteiger partial charge in [0, 0.05) is 4.90 Å². The van der Waals surface area contributed by atoms with Crippen LogP contribution in [0.3, 0.4) is 0 Å². The summed E-state index contributed by atoms with van der Waals surface area (Å²) in [4.78, 5) is 0.662. The Labute approximate surface area is 107 Å². The van der Waals surface area contributed by atoms with Crippen molar-refractivity contribution < 1.29 is 8.78 Å². The summed E-state index contributed by atoms with van der Waals surface area (Å²) in [6, 6.07) is 10.0. The third-order valence-corrected chi connectivity index (χ3v) is 3.41. The van der Waals surface area contributed by atoms with Crippen molar-refractivity contribution in [3.8, 4) is 6.07 Å². The molecule has 2 aromatic carbocycles. The first-order chi connectivity index (χ1) is 8.61. The number of anilines is 1. The summed E-state index contributed by atoms with van der Waals surface area (Å²) in [5.41, 5.74) is 6.36. The van der Waals surface area contributed by atoms with Crippen LogP contribution in [0.5, 0.6) is 0 Å². The molecule has 2 rings (SSSR count). The predicted octanol–water partition coefficient (Wildman–Crippen LogP) is 3.57.